The van der Waals surface area contributed by atoms with Gasteiger partial charge in [-0.3, -0.25) is 9.69 Å². The normalized spacial score (nSPS) is 16.3. The lowest BCUT2D eigenvalue weighted by Crippen LogP contribution is -2.52. The van der Waals surface area contributed by atoms with Crippen molar-refractivity contribution in [3.8, 4) is 0 Å². The quantitative estimate of drug-likeness (QED) is 0.899. The summed E-state index contributed by atoms with van der Waals surface area (Å²) in [6.45, 7) is -0.476. The molecule has 3 amide bonds. The van der Waals surface area contributed by atoms with Gasteiger partial charge >= 0.3 is 6.03 Å². The van der Waals surface area contributed by atoms with E-state index >= 15 is 0 Å². The van der Waals surface area contributed by atoms with Gasteiger partial charge in [0.25, 0.3) is 10.0 Å². The lowest BCUT2D eigenvalue weighted by atomic mass is 10.2. The Hall–Kier alpha value is -2.39. The maximum atomic E-state index is 12.7. The van der Waals surface area contributed by atoms with E-state index in [1.54, 1.807) is 30.3 Å². The third-order valence-corrected chi connectivity index (χ3v) is 6.02. The van der Waals surface area contributed by atoms with Crippen molar-refractivity contribution in [1.29, 1.82) is 0 Å². The second-order valence-electron chi connectivity index (χ2n) is 4.95. The highest BCUT2D eigenvalue weighted by atomic mass is 32.2. The van der Waals surface area contributed by atoms with Crippen molar-refractivity contribution in [2.45, 2.75) is 11.4 Å². The van der Waals surface area contributed by atoms with Gasteiger partial charge in [0.05, 0.1) is 12.2 Å². The Morgan fingerprint density at radius 3 is 2.52 bits per heavy atom. The molecule has 1 aromatic carbocycles. The van der Waals surface area contributed by atoms with E-state index in [1.165, 1.54) is 10.8 Å². The van der Waals surface area contributed by atoms with Crippen LogP contribution in [0.25, 0.3) is 0 Å². The summed E-state index contributed by atoms with van der Waals surface area (Å²) in [4.78, 5) is 25.0. The van der Waals surface area contributed by atoms with Gasteiger partial charge in [-0.1, -0.05) is 30.3 Å². The van der Waals surface area contributed by atoms with E-state index in [4.69, 9.17) is 5.73 Å². The number of nitrogens with zero attached hydrogens (tertiary/aromatic N) is 2. The molecule has 23 heavy (non-hydrogen) atoms. The average molecular weight is 351 g/mol. The molecule has 1 aromatic heterocycles. The number of amides is 3. The van der Waals surface area contributed by atoms with Crippen molar-refractivity contribution in [2.75, 3.05) is 11.4 Å². The first kappa shape index (κ1) is 15.5. The Morgan fingerprint density at radius 2 is 1.87 bits per heavy atom. The van der Waals surface area contributed by atoms with Crippen LogP contribution in [0.4, 0.5) is 10.5 Å². The highest BCUT2D eigenvalue weighted by Gasteiger charge is 2.42. The molecule has 0 saturated heterocycles. The van der Waals surface area contributed by atoms with Crippen LogP contribution in [0.1, 0.15) is 5.56 Å². The Kier molecular flexibility index (Phi) is 3.82. The smallest absolute Gasteiger partial charge is 0.339 e. The molecule has 0 radical (unpaired) electrons. The van der Waals surface area contributed by atoms with Crippen LogP contribution < -0.4 is 10.6 Å². The standard InChI is InChI=1S/C14H13N3O4S2/c15-13(18)7-16-11-8-22-9-12(11)23(20,21)17(14(16)19)6-10-4-2-1-3-5-10/h1-5,8-9H,6-7H2,(H2,15,18). The molecule has 1 aliphatic heterocycles. The molecule has 120 valence electrons. The minimum Gasteiger partial charge on any atom is -0.368 e. The molecule has 0 saturated carbocycles. The highest BCUT2D eigenvalue weighted by Crippen LogP contribution is 2.37. The number of benzene rings is 1. The van der Waals surface area contributed by atoms with Gasteiger partial charge in [0, 0.05) is 10.8 Å². The molecule has 7 nitrogen and oxygen atoms in total. The highest BCUT2D eigenvalue weighted by molar-refractivity contribution is 7.90. The van der Waals surface area contributed by atoms with E-state index < -0.39 is 22.0 Å². The van der Waals surface area contributed by atoms with Gasteiger partial charge in [-0.25, -0.2) is 17.5 Å². The molecule has 0 bridgehead atoms. The number of nitrogens with two attached hydrogens (primary N) is 1. The lowest BCUT2D eigenvalue weighted by molar-refractivity contribution is -0.116. The van der Waals surface area contributed by atoms with Crippen LogP contribution in [0, 0.1) is 0 Å². The van der Waals surface area contributed by atoms with Gasteiger partial charge in [0.1, 0.15) is 11.4 Å². The molecular weight excluding hydrogens is 338 g/mol. The Morgan fingerprint density at radius 1 is 1.17 bits per heavy atom. The summed E-state index contributed by atoms with van der Waals surface area (Å²) in [5.41, 5.74) is 6.05. The lowest BCUT2D eigenvalue weighted by Gasteiger charge is -2.34. The zero-order valence-corrected chi connectivity index (χ0v) is 13.5. The van der Waals surface area contributed by atoms with Crippen molar-refractivity contribution < 1.29 is 18.0 Å². The van der Waals surface area contributed by atoms with Crippen LogP contribution >= 0.6 is 11.3 Å². The summed E-state index contributed by atoms with van der Waals surface area (Å²) < 4.78 is 26.1. The zero-order chi connectivity index (χ0) is 16.6. The number of sulfonamides is 1. The van der Waals surface area contributed by atoms with E-state index in [0.717, 1.165) is 20.5 Å². The number of thiophene rings is 1. The summed E-state index contributed by atoms with van der Waals surface area (Å²) >= 11 is 1.15. The van der Waals surface area contributed by atoms with Crippen molar-refractivity contribution >= 4 is 39.0 Å². The summed E-state index contributed by atoms with van der Waals surface area (Å²) in [6, 6.07) is 7.99. The molecule has 2 N–H and O–H groups in total. The predicted molar refractivity (Wildman–Crippen MR) is 85.4 cm³/mol. The van der Waals surface area contributed by atoms with Crippen molar-refractivity contribution in [3.63, 3.8) is 0 Å². The molecule has 2 aromatic rings. The fourth-order valence-corrected chi connectivity index (χ4v) is 5.06. The molecule has 9 heteroatoms. The summed E-state index contributed by atoms with van der Waals surface area (Å²) in [5, 5.41) is 2.97. The van der Waals surface area contributed by atoms with Crippen LogP contribution in [0.15, 0.2) is 46.0 Å². The fraction of sp³-hybridized carbons (Fsp3) is 0.143. The van der Waals surface area contributed by atoms with E-state index in [0.29, 0.717) is 5.56 Å². The second kappa shape index (κ2) is 5.67. The van der Waals surface area contributed by atoms with E-state index in [2.05, 4.69) is 0 Å². The van der Waals surface area contributed by atoms with Gasteiger partial charge < -0.3 is 5.73 Å². The Bertz CT molecular complexity index is 861. The first-order chi connectivity index (χ1) is 10.9. The van der Waals surface area contributed by atoms with E-state index in [1.807, 2.05) is 0 Å². The van der Waals surface area contributed by atoms with Crippen molar-refractivity contribution in [2.24, 2.45) is 5.73 Å². The van der Waals surface area contributed by atoms with Crippen LogP contribution in [0.3, 0.4) is 0 Å². The van der Waals surface area contributed by atoms with E-state index in [9.17, 15) is 18.0 Å². The summed E-state index contributed by atoms with van der Waals surface area (Å²) in [5.74, 6) is -0.713. The van der Waals surface area contributed by atoms with Crippen LogP contribution in [-0.4, -0.2) is 31.2 Å². The number of rotatable bonds is 4. The third kappa shape index (κ3) is 2.68. The molecular formula is C14H13N3O4S2. The minimum atomic E-state index is -3.96. The number of carbonyl (C=O) groups is 2. The van der Waals surface area contributed by atoms with Gasteiger partial charge in [-0.05, 0) is 5.56 Å². The SMILES string of the molecule is NC(=O)CN1C(=O)N(Cc2ccccc2)S(=O)(=O)c2cscc21. The number of fused-ring (bicyclic) bond motifs is 1. The van der Waals surface area contributed by atoms with Gasteiger partial charge in [-0.15, -0.1) is 11.3 Å². The first-order valence-corrected chi connectivity index (χ1v) is 9.02. The maximum absolute atomic E-state index is 12.7. The predicted octanol–water partition coefficient (Wildman–Crippen LogP) is 1.36. The fourth-order valence-electron chi connectivity index (χ4n) is 2.34. The largest absolute Gasteiger partial charge is 0.368 e. The van der Waals surface area contributed by atoms with Crippen LogP contribution in [0.5, 0.6) is 0 Å². The van der Waals surface area contributed by atoms with E-state index in [-0.39, 0.29) is 23.7 Å². The summed E-state index contributed by atoms with van der Waals surface area (Å²) in [7, 11) is -3.96. The van der Waals surface area contributed by atoms with Crippen LogP contribution in [0.2, 0.25) is 0 Å². The second-order valence-corrected chi connectivity index (χ2v) is 7.53. The monoisotopic (exact) mass is 351 g/mol. The third-order valence-electron chi connectivity index (χ3n) is 3.39. The Balaban J connectivity index is 2.06. The average Bonchev–Trinajstić information content (AvgIpc) is 3.00. The maximum Gasteiger partial charge on any atom is 0.339 e. The number of urea groups is 1. The number of anilines is 1. The molecule has 0 aliphatic carbocycles. The van der Waals surface area contributed by atoms with Crippen molar-refractivity contribution in [3.05, 3.63) is 46.7 Å². The zero-order valence-electron chi connectivity index (χ0n) is 11.9. The van der Waals surface area contributed by atoms with Gasteiger partial charge in [0.2, 0.25) is 5.91 Å². The Labute approximate surface area is 137 Å². The number of hydrogen-bond donors (Lipinski definition) is 1. The molecule has 0 spiro atoms. The van der Waals surface area contributed by atoms with Crippen LogP contribution in [-0.2, 0) is 21.4 Å². The van der Waals surface area contributed by atoms with Gasteiger partial charge in [0.15, 0.2) is 0 Å². The topological polar surface area (TPSA) is 101 Å². The first-order valence-electron chi connectivity index (χ1n) is 6.64. The molecule has 0 atom stereocenters. The molecule has 0 fully saturated rings. The summed E-state index contributed by atoms with van der Waals surface area (Å²) in [6.07, 6.45) is 0. The number of carbonyl (C=O) groups excluding carboxylic acids is 2. The van der Waals surface area contributed by atoms with Crippen molar-refractivity contribution in [1.82, 2.24) is 4.31 Å². The molecule has 3 rings (SSSR count). The molecule has 0 unspecified atom stereocenters. The molecule has 1 aliphatic rings. The van der Waals surface area contributed by atoms with Gasteiger partial charge in [-0.2, -0.15) is 0 Å². The molecule has 2 heterocycles. The minimum absolute atomic E-state index is 0.0132. The number of hydrogen-bond acceptors (Lipinski definition) is 5. The number of primary amides is 1.